The summed E-state index contributed by atoms with van der Waals surface area (Å²) in [6, 6.07) is 7.53. The minimum absolute atomic E-state index is 0.0874. The lowest BCUT2D eigenvalue weighted by Gasteiger charge is -2.11. The van der Waals surface area contributed by atoms with E-state index in [4.69, 9.17) is 10.5 Å². The number of nitrogens with two attached hydrogens (primary N) is 1. The second kappa shape index (κ2) is 7.19. The number of methoxy groups -OCH3 is 2. The van der Waals surface area contributed by atoms with Gasteiger partial charge in [0, 0.05) is 11.8 Å². The molecular weight excluding hydrogens is 238 g/mol. The van der Waals surface area contributed by atoms with Crippen molar-refractivity contribution in [2.45, 2.75) is 6.04 Å². The van der Waals surface area contributed by atoms with Gasteiger partial charge in [0.15, 0.2) is 0 Å². The second-order valence-electron chi connectivity index (χ2n) is 3.47. The zero-order chi connectivity index (χ0) is 12.7. The quantitative estimate of drug-likeness (QED) is 0.782. The van der Waals surface area contributed by atoms with Crippen molar-refractivity contribution in [1.29, 1.82) is 0 Å². The molecule has 0 saturated carbocycles. The molecular formula is C12H17NO3S. The van der Waals surface area contributed by atoms with Crippen molar-refractivity contribution in [3.63, 3.8) is 0 Å². The largest absolute Gasteiger partial charge is 0.497 e. The highest BCUT2D eigenvalue weighted by Gasteiger charge is 2.08. The maximum absolute atomic E-state index is 10.9. The SMILES string of the molecule is COC(=O)CSCC(N)c1ccc(OC)cc1. The van der Waals surface area contributed by atoms with E-state index < -0.39 is 0 Å². The van der Waals surface area contributed by atoms with Crippen LogP contribution in [0.4, 0.5) is 0 Å². The maximum atomic E-state index is 10.9. The lowest BCUT2D eigenvalue weighted by Crippen LogP contribution is -2.14. The zero-order valence-electron chi connectivity index (χ0n) is 10.0. The number of carbonyl (C=O) groups is 1. The summed E-state index contributed by atoms with van der Waals surface area (Å²) in [5, 5.41) is 0. The number of benzene rings is 1. The van der Waals surface area contributed by atoms with E-state index in [2.05, 4.69) is 4.74 Å². The van der Waals surface area contributed by atoms with Crippen LogP contribution in [-0.2, 0) is 9.53 Å². The molecule has 5 heteroatoms. The van der Waals surface area contributed by atoms with E-state index in [-0.39, 0.29) is 12.0 Å². The normalized spacial score (nSPS) is 11.9. The number of carbonyl (C=O) groups excluding carboxylic acids is 1. The van der Waals surface area contributed by atoms with Crippen molar-refractivity contribution >= 4 is 17.7 Å². The van der Waals surface area contributed by atoms with E-state index in [9.17, 15) is 4.79 Å². The number of rotatable bonds is 6. The Bertz CT molecular complexity index is 353. The Morgan fingerprint density at radius 1 is 1.35 bits per heavy atom. The van der Waals surface area contributed by atoms with Crippen LogP contribution in [-0.4, -0.2) is 31.7 Å². The van der Waals surface area contributed by atoms with Crippen LogP contribution in [0.15, 0.2) is 24.3 Å². The van der Waals surface area contributed by atoms with Gasteiger partial charge in [-0.1, -0.05) is 12.1 Å². The van der Waals surface area contributed by atoms with Crippen molar-refractivity contribution in [3.8, 4) is 5.75 Å². The lowest BCUT2D eigenvalue weighted by atomic mass is 10.1. The molecule has 1 atom stereocenters. The molecule has 0 spiro atoms. The van der Waals surface area contributed by atoms with Gasteiger partial charge < -0.3 is 15.2 Å². The zero-order valence-corrected chi connectivity index (χ0v) is 10.8. The highest BCUT2D eigenvalue weighted by atomic mass is 32.2. The van der Waals surface area contributed by atoms with E-state index in [1.54, 1.807) is 7.11 Å². The molecule has 1 aromatic carbocycles. The molecule has 0 bridgehead atoms. The summed E-state index contributed by atoms with van der Waals surface area (Å²) in [7, 11) is 3.01. The maximum Gasteiger partial charge on any atom is 0.315 e. The number of thioether (sulfide) groups is 1. The fourth-order valence-corrected chi connectivity index (χ4v) is 2.12. The molecule has 1 rings (SSSR count). The van der Waals surface area contributed by atoms with Gasteiger partial charge in [0.1, 0.15) is 5.75 Å². The van der Waals surface area contributed by atoms with Gasteiger partial charge in [-0.3, -0.25) is 4.79 Å². The molecule has 4 nitrogen and oxygen atoms in total. The summed E-state index contributed by atoms with van der Waals surface area (Å²) < 4.78 is 9.62. The molecule has 0 amide bonds. The topological polar surface area (TPSA) is 61.5 Å². The molecule has 17 heavy (non-hydrogen) atoms. The second-order valence-corrected chi connectivity index (χ2v) is 4.50. The summed E-state index contributed by atoms with van der Waals surface area (Å²) in [6.45, 7) is 0. The Hall–Kier alpha value is -1.20. The fourth-order valence-electron chi connectivity index (χ4n) is 1.28. The first-order chi connectivity index (χ1) is 8.17. The standard InChI is InChI=1S/C12H17NO3S/c1-15-10-5-3-9(4-6-10)11(13)7-17-8-12(14)16-2/h3-6,11H,7-8,13H2,1-2H3. The molecule has 0 aliphatic rings. The first-order valence-corrected chi connectivity index (χ1v) is 6.37. The van der Waals surface area contributed by atoms with Crippen LogP contribution in [0, 0.1) is 0 Å². The average Bonchev–Trinajstić information content (AvgIpc) is 2.38. The third-order valence-electron chi connectivity index (χ3n) is 2.29. The Morgan fingerprint density at radius 3 is 2.53 bits per heavy atom. The van der Waals surface area contributed by atoms with Crippen LogP contribution >= 0.6 is 11.8 Å². The predicted octanol–water partition coefficient (Wildman–Crippen LogP) is 1.60. The molecule has 0 saturated heterocycles. The van der Waals surface area contributed by atoms with Gasteiger partial charge in [0.25, 0.3) is 0 Å². The molecule has 1 unspecified atom stereocenters. The van der Waals surface area contributed by atoms with Crippen molar-refractivity contribution < 1.29 is 14.3 Å². The molecule has 0 aliphatic carbocycles. The van der Waals surface area contributed by atoms with E-state index in [0.717, 1.165) is 11.3 Å². The van der Waals surface area contributed by atoms with E-state index >= 15 is 0 Å². The van der Waals surface area contributed by atoms with E-state index in [1.807, 2.05) is 24.3 Å². The van der Waals surface area contributed by atoms with Crippen molar-refractivity contribution in [2.75, 3.05) is 25.7 Å². The van der Waals surface area contributed by atoms with Gasteiger partial charge in [-0.25, -0.2) is 0 Å². The summed E-state index contributed by atoms with van der Waals surface area (Å²) in [5.41, 5.74) is 7.03. The molecule has 2 N–H and O–H groups in total. The first-order valence-electron chi connectivity index (χ1n) is 5.21. The molecule has 1 aromatic rings. The van der Waals surface area contributed by atoms with Gasteiger partial charge in [-0.05, 0) is 17.7 Å². The van der Waals surface area contributed by atoms with Crippen LogP contribution in [0.3, 0.4) is 0 Å². The lowest BCUT2D eigenvalue weighted by molar-refractivity contribution is -0.137. The van der Waals surface area contributed by atoms with Gasteiger partial charge >= 0.3 is 5.97 Å². The summed E-state index contributed by atoms with van der Waals surface area (Å²) >= 11 is 1.47. The molecule has 0 aromatic heterocycles. The van der Waals surface area contributed by atoms with Crippen LogP contribution in [0.2, 0.25) is 0 Å². The predicted molar refractivity (Wildman–Crippen MR) is 69.3 cm³/mol. The van der Waals surface area contributed by atoms with Crippen LogP contribution in [0.1, 0.15) is 11.6 Å². The summed E-state index contributed by atoms with van der Waals surface area (Å²) in [6.07, 6.45) is 0. The fraction of sp³-hybridized carbons (Fsp3) is 0.417. The molecule has 0 aliphatic heterocycles. The number of esters is 1. The Kier molecular flexibility index (Phi) is 5.86. The number of hydrogen-bond donors (Lipinski definition) is 1. The van der Waals surface area contributed by atoms with E-state index in [0.29, 0.717) is 11.5 Å². The molecule has 0 radical (unpaired) electrons. The average molecular weight is 255 g/mol. The van der Waals surface area contributed by atoms with Gasteiger partial charge in [0.05, 0.1) is 20.0 Å². The highest BCUT2D eigenvalue weighted by Crippen LogP contribution is 2.19. The third kappa shape index (κ3) is 4.66. The van der Waals surface area contributed by atoms with Gasteiger partial charge in [0.2, 0.25) is 0 Å². The molecule has 0 fully saturated rings. The highest BCUT2D eigenvalue weighted by molar-refractivity contribution is 7.99. The number of ether oxygens (including phenoxy) is 2. The van der Waals surface area contributed by atoms with Gasteiger partial charge in [-0.2, -0.15) is 0 Å². The Balaban J connectivity index is 2.40. The van der Waals surface area contributed by atoms with Gasteiger partial charge in [-0.15, -0.1) is 11.8 Å². The van der Waals surface area contributed by atoms with Crippen molar-refractivity contribution in [2.24, 2.45) is 5.73 Å². The molecule has 94 valence electrons. The van der Waals surface area contributed by atoms with Crippen LogP contribution in [0.25, 0.3) is 0 Å². The summed E-state index contributed by atoms with van der Waals surface area (Å²) in [5.74, 6) is 1.60. The van der Waals surface area contributed by atoms with Crippen molar-refractivity contribution in [3.05, 3.63) is 29.8 Å². The van der Waals surface area contributed by atoms with Crippen molar-refractivity contribution in [1.82, 2.24) is 0 Å². The molecule has 0 heterocycles. The Labute approximate surface area is 105 Å². The van der Waals surface area contributed by atoms with Crippen LogP contribution in [0.5, 0.6) is 5.75 Å². The minimum atomic E-state index is -0.225. The van der Waals surface area contributed by atoms with E-state index in [1.165, 1.54) is 18.9 Å². The number of hydrogen-bond acceptors (Lipinski definition) is 5. The smallest absolute Gasteiger partial charge is 0.315 e. The third-order valence-corrected chi connectivity index (χ3v) is 3.32. The monoisotopic (exact) mass is 255 g/mol. The minimum Gasteiger partial charge on any atom is -0.497 e. The first kappa shape index (κ1) is 13.9. The summed E-state index contributed by atoms with van der Waals surface area (Å²) in [4.78, 5) is 10.9. The van der Waals surface area contributed by atoms with Crippen LogP contribution < -0.4 is 10.5 Å². The Morgan fingerprint density at radius 2 is 2.00 bits per heavy atom.